The minimum Gasteiger partial charge on any atom is -0.366 e. The Bertz CT molecular complexity index is 100. The molecule has 1 N–H and O–H groups in total. The Hall–Kier alpha value is -0.0800. The molecule has 0 bridgehead atoms. The highest BCUT2D eigenvalue weighted by molar-refractivity contribution is 4.60. The minimum absolute atomic E-state index is 0.334. The Morgan fingerprint density at radius 2 is 2.00 bits per heavy atom. The lowest BCUT2D eigenvalue weighted by Gasteiger charge is -2.22. The summed E-state index contributed by atoms with van der Waals surface area (Å²) in [6.45, 7) is 7.74. The van der Waals surface area contributed by atoms with Crippen LogP contribution in [-0.2, 0) is 4.74 Å². The fraction of sp³-hybridized carbons (Fsp3) is 0.900. The van der Waals surface area contributed by atoms with Crippen LogP contribution in [0.15, 0.2) is 0 Å². The van der Waals surface area contributed by atoms with Gasteiger partial charge in [-0.2, -0.15) is 0 Å². The second kappa shape index (κ2) is 6.44. The monoisotopic (exact) mass is 173 g/mol. The van der Waals surface area contributed by atoms with Gasteiger partial charge in [0.1, 0.15) is 0 Å². The normalized spacial score (nSPS) is 16.0. The summed E-state index contributed by atoms with van der Waals surface area (Å²) in [6.07, 6.45) is 5.37. The molecule has 0 aromatic carbocycles. The Balaban J connectivity index is 3.33. The van der Waals surface area contributed by atoms with Crippen molar-refractivity contribution >= 4 is 0 Å². The number of hydrogen-bond donors (Lipinski definition) is 1. The Morgan fingerprint density at radius 1 is 1.33 bits per heavy atom. The molecule has 0 aliphatic heterocycles. The third-order valence-corrected chi connectivity index (χ3v) is 1.91. The second-order valence-corrected chi connectivity index (χ2v) is 3.33. The van der Waals surface area contributed by atoms with E-state index in [0.29, 0.717) is 13.0 Å². The van der Waals surface area contributed by atoms with Crippen molar-refractivity contribution in [3.05, 3.63) is 6.92 Å². The fourth-order valence-electron chi connectivity index (χ4n) is 1.17. The van der Waals surface area contributed by atoms with E-state index in [9.17, 15) is 5.11 Å². The van der Waals surface area contributed by atoms with E-state index in [1.807, 2.05) is 0 Å². The zero-order valence-corrected chi connectivity index (χ0v) is 8.31. The highest BCUT2D eigenvalue weighted by Gasteiger charge is 2.18. The average Bonchev–Trinajstić information content (AvgIpc) is 1.98. The fourth-order valence-corrected chi connectivity index (χ4v) is 1.17. The van der Waals surface area contributed by atoms with Gasteiger partial charge in [-0.1, -0.05) is 26.2 Å². The number of unbranched alkanes of at least 4 members (excludes halogenated alkanes) is 3. The first-order valence-electron chi connectivity index (χ1n) is 4.78. The van der Waals surface area contributed by atoms with Crippen molar-refractivity contribution in [1.82, 2.24) is 0 Å². The van der Waals surface area contributed by atoms with Crippen molar-refractivity contribution in [3.63, 3.8) is 0 Å². The van der Waals surface area contributed by atoms with Crippen molar-refractivity contribution in [2.24, 2.45) is 0 Å². The van der Waals surface area contributed by atoms with E-state index in [1.54, 1.807) is 6.92 Å². The summed E-state index contributed by atoms with van der Waals surface area (Å²) >= 11 is 0. The van der Waals surface area contributed by atoms with Crippen LogP contribution in [0.2, 0.25) is 0 Å². The van der Waals surface area contributed by atoms with Gasteiger partial charge in [0.05, 0.1) is 6.61 Å². The molecular formula is C10H21O2. The van der Waals surface area contributed by atoms with Crippen molar-refractivity contribution in [2.45, 2.75) is 51.7 Å². The van der Waals surface area contributed by atoms with Crippen molar-refractivity contribution < 1.29 is 9.84 Å². The first-order chi connectivity index (χ1) is 5.62. The minimum atomic E-state index is -0.963. The highest BCUT2D eigenvalue weighted by atomic mass is 16.6. The van der Waals surface area contributed by atoms with Gasteiger partial charge in [-0.05, 0) is 20.3 Å². The lowest BCUT2D eigenvalue weighted by Crippen LogP contribution is -2.27. The maximum atomic E-state index is 9.55. The molecular weight excluding hydrogens is 152 g/mol. The molecule has 0 aliphatic rings. The Labute approximate surface area is 75.9 Å². The molecule has 0 aromatic heterocycles. The van der Waals surface area contributed by atoms with Gasteiger partial charge >= 0.3 is 0 Å². The summed E-state index contributed by atoms with van der Waals surface area (Å²) in [5.74, 6) is -0.963. The molecule has 0 spiro atoms. The van der Waals surface area contributed by atoms with Crippen LogP contribution in [0.3, 0.4) is 0 Å². The van der Waals surface area contributed by atoms with Crippen LogP contribution in [0.5, 0.6) is 0 Å². The molecule has 1 atom stereocenters. The molecule has 1 unspecified atom stereocenters. The number of ether oxygens (including phenoxy) is 1. The summed E-state index contributed by atoms with van der Waals surface area (Å²) in [5.41, 5.74) is 0. The van der Waals surface area contributed by atoms with Gasteiger partial charge in [0.15, 0.2) is 5.79 Å². The number of hydrogen-bond acceptors (Lipinski definition) is 2. The molecule has 1 radical (unpaired) electrons. The van der Waals surface area contributed by atoms with Gasteiger partial charge in [-0.15, -0.1) is 0 Å². The Kier molecular flexibility index (Phi) is 6.39. The SMILES string of the molecule is [CH2]COC(C)(O)CCCCCC. The maximum Gasteiger partial charge on any atom is 0.162 e. The van der Waals surface area contributed by atoms with Crippen LogP contribution >= 0.6 is 0 Å². The van der Waals surface area contributed by atoms with E-state index in [-0.39, 0.29) is 0 Å². The standard InChI is InChI=1S/C10H21O2/c1-4-6-7-8-9-10(3,11)12-5-2/h11H,2,4-9H2,1,3H3. The lowest BCUT2D eigenvalue weighted by molar-refractivity contribution is -0.187. The largest absolute Gasteiger partial charge is 0.366 e. The lowest BCUT2D eigenvalue weighted by atomic mass is 10.1. The molecule has 12 heavy (non-hydrogen) atoms. The summed E-state index contributed by atoms with van der Waals surface area (Å²) in [6, 6.07) is 0. The molecule has 73 valence electrons. The quantitative estimate of drug-likeness (QED) is 0.473. The van der Waals surface area contributed by atoms with Gasteiger partial charge < -0.3 is 9.84 Å². The predicted octanol–water partition coefficient (Wildman–Crippen LogP) is 2.52. The first kappa shape index (κ1) is 11.9. The summed E-state index contributed by atoms with van der Waals surface area (Å²) < 4.78 is 5.05. The zero-order valence-electron chi connectivity index (χ0n) is 8.31. The van der Waals surface area contributed by atoms with Crippen LogP contribution in [0.25, 0.3) is 0 Å². The number of aliphatic hydroxyl groups is 1. The maximum absolute atomic E-state index is 9.55. The second-order valence-electron chi connectivity index (χ2n) is 3.33. The molecule has 2 nitrogen and oxygen atoms in total. The molecule has 0 aromatic rings. The molecule has 0 rings (SSSR count). The molecule has 0 fully saturated rings. The van der Waals surface area contributed by atoms with Crippen LogP contribution in [0, 0.1) is 6.92 Å². The van der Waals surface area contributed by atoms with E-state index in [4.69, 9.17) is 4.74 Å². The van der Waals surface area contributed by atoms with Crippen LogP contribution in [-0.4, -0.2) is 17.5 Å². The van der Waals surface area contributed by atoms with Crippen LogP contribution in [0.1, 0.15) is 46.0 Å². The van der Waals surface area contributed by atoms with Gasteiger partial charge in [-0.25, -0.2) is 0 Å². The van der Waals surface area contributed by atoms with Crippen molar-refractivity contribution in [1.29, 1.82) is 0 Å². The summed E-state index contributed by atoms with van der Waals surface area (Å²) in [5, 5.41) is 9.55. The van der Waals surface area contributed by atoms with Gasteiger partial charge in [0.25, 0.3) is 0 Å². The van der Waals surface area contributed by atoms with E-state index in [2.05, 4.69) is 13.8 Å². The molecule has 0 saturated heterocycles. The first-order valence-corrected chi connectivity index (χ1v) is 4.78. The van der Waals surface area contributed by atoms with Gasteiger partial charge in [0, 0.05) is 6.42 Å². The van der Waals surface area contributed by atoms with Crippen LogP contribution < -0.4 is 0 Å². The van der Waals surface area contributed by atoms with E-state index >= 15 is 0 Å². The third kappa shape index (κ3) is 6.62. The summed E-state index contributed by atoms with van der Waals surface area (Å²) in [4.78, 5) is 0. The molecule has 0 heterocycles. The highest BCUT2D eigenvalue weighted by Crippen LogP contribution is 2.15. The molecule has 0 saturated carbocycles. The van der Waals surface area contributed by atoms with Crippen molar-refractivity contribution in [3.8, 4) is 0 Å². The number of rotatable bonds is 7. The van der Waals surface area contributed by atoms with Crippen molar-refractivity contribution in [2.75, 3.05) is 6.61 Å². The summed E-state index contributed by atoms with van der Waals surface area (Å²) in [7, 11) is 0. The third-order valence-electron chi connectivity index (χ3n) is 1.91. The van der Waals surface area contributed by atoms with E-state index in [1.165, 1.54) is 19.3 Å². The van der Waals surface area contributed by atoms with Crippen LogP contribution in [0.4, 0.5) is 0 Å². The average molecular weight is 173 g/mol. The smallest absolute Gasteiger partial charge is 0.162 e. The van der Waals surface area contributed by atoms with Gasteiger partial charge in [0.2, 0.25) is 0 Å². The molecule has 0 amide bonds. The topological polar surface area (TPSA) is 29.5 Å². The van der Waals surface area contributed by atoms with E-state index in [0.717, 1.165) is 6.42 Å². The molecule has 0 aliphatic carbocycles. The predicted molar refractivity (Wildman–Crippen MR) is 50.7 cm³/mol. The van der Waals surface area contributed by atoms with E-state index < -0.39 is 5.79 Å². The zero-order chi connectivity index (χ0) is 9.45. The Morgan fingerprint density at radius 3 is 2.50 bits per heavy atom. The van der Waals surface area contributed by atoms with Gasteiger partial charge in [-0.3, -0.25) is 0 Å². The molecule has 2 heteroatoms.